The van der Waals surface area contributed by atoms with E-state index in [9.17, 15) is 4.79 Å². The molecule has 0 unspecified atom stereocenters. The number of nitrogens with zero attached hydrogens (tertiary/aromatic N) is 2. The zero-order chi connectivity index (χ0) is 26.1. The van der Waals surface area contributed by atoms with Gasteiger partial charge in [0.1, 0.15) is 6.61 Å². The number of benzene rings is 4. The minimum Gasteiger partial charge on any atom is -0.448 e. The first-order valence-electron chi connectivity index (χ1n) is 13.3. The molecular formula is C33H32N2O2S. The minimum absolute atomic E-state index is 0.0850. The molecule has 0 aromatic heterocycles. The van der Waals surface area contributed by atoms with E-state index in [1.54, 1.807) is 0 Å². The molecule has 1 fully saturated rings. The largest absolute Gasteiger partial charge is 0.448 e. The van der Waals surface area contributed by atoms with Gasteiger partial charge in [-0.05, 0) is 59.9 Å². The van der Waals surface area contributed by atoms with Gasteiger partial charge in [0.25, 0.3) is 0 Å². The van der Waals surface area contributed by atoms with Crippen LogP contribution in [0.25, 0.3) is 11.1 Å². The Bertz CT molecular complexity index is 1430. The Morgan fingerprint density at radius 2 is 1.42 bits per heavy atom. The number of anilines is 1. The lowest BCUT2D eigenvalue weighted by Crippen LogP contribution is -2.49. The van der Waals surface area contributed by atoms with Crippen molar-refractivity contribution in [3.05, 3.63) is 113 Å². The standard InChI is InChI=1S/C33H32N2O2S/c1-23-15-16-31(24(2)21-23)38-32-14-8-7-13-30(32)34-17-19-35(20-18-34)33(36)37-22-29-27-11-5-3-9-25(27)26-10-4-6-12-28(26)29/h3-16,21,29H,17-20,22H2,1-2H3. The molecule has 4 nitrogen and oxygen atoms in total. The topological polar surface area (TPSA) is 32.8 Å². The molecule has 1 aliphatic carbocycles. The molecule has 0 spiro atoms. The normalized spacial score (nSPS) is 14.8. The second-order valence-electron chi connectivity index (χ2n) is 10.1. The van der Waals surface area contributed by atoms with Crippen LogP contribution in [0.1, 0.15) is 28.2 Å². The Labute approximate surface area is 229 Å². The first-order chi connectivity index (χ1) is 18.6. The molecule has 2 aliphatic rings. The summed E-state index contributed by atoms with van der Waals surface area (Å²) in [5.74, 6) is 0.0850. The van der Waals surface area contributed by atoms with E-state index in [2.05, 4.69) is 110 Å². The molecule has 4 aromatic carbocycles. The van der Waals surface area contributed by atoms with Crippen LogP contribution in [-0.2, 0) is 4.74 Å². The fourth-order valence-electron chi connectivity index (χ4n) is 5.65. The lowest BCUT2D eigenvalue weighted by Gasteiger charge is -2.36. The van der Waals surface area contributed by atoms with Crippen molar-refractivity contribution in [1.82, 2.24) is 4.90 Å². The summed E-state index contributed by atoms with van der Waals surface area (Å²) in [6, 6.07) is 32.1. The first kappa shape index (κ1) is 24.6. The van der Waals surface area contributed by atoms with Crippen molar-refractivity contribution >= 4 is 23.5 Å². The summed E-state index contributed by atoms with van der Waals surface area (Å²) in [5.41, 5.74) is 8.78. The Balaban J connectivity index is 1.09. The number of hydrogen-bond donors (Lipinski definition) is 0. The van der Waals surface area contributed by atoms with Gasteiger partial charge in [0.2, 0.25) is 0 Å². The number of para-hydroxylation sites is 1. The molecule has 192 valence electrons. The number of piperazine rings is 1. The number of rotatable bonds is 5. The van der Waals surface area contributed by atoms with Gasteiger partial charge in [0, 0.05) is 41.9 Å². The molecule has 1 saturated heterocycles. The van der Waals surface area contributed by atoms with E-state index in [1.165, 1.54) is 48.9 Å². The monoisotopic (exact) mass is 520 g/mol. The lowest BCUT2D eigenvalue weighted by atomic mass is 9.98. The maximum Gasteiger partial charge on any atom is 0.409 e. The molecule has 0 bridgehead atoms. The Kier molecular flexibility index (Phi) is 6.86. The van der Waals surface area contributed by atoms with Crippen LogP contribution >= 0.6 is 11.8 Å². The SMILES string of the molecule is Cc1ccc(Sc2ccccc2N2CCN(C(=O)OCC3c4ccccc4-c4ccccc43)CC2)c(C)c1. The third kappa shape index (κ3) is 4.79. The number of hydrogen-bond acceptors (Lipinski definition) is 4. The number of amides is 1. The van der Waals surface area contributed by atoms with Gasteiger partial charge in [-0.1, -0.05) is 90.1 Å². The van der Waals surface area contributed by atoms with Crippen molar-refractivity contribution in [2.24, 2.45) is 0 Å². The second-order valence-corrected chi connectivity index (χ2v) is 11.2. The average Bonchev–Trinajstić information content (AvgIpc) is 3.27. The maximum atomic E-state index is 13.1. The molecule has 1 amide bonds. The molecule has 1 heterocycles. The maximum absolute atomic E-state index is 13.1. The Hall–Kier alpha value is -3.70. The van der Waals surface area contributed by atoms with E-state index in [0.29, 0.717) is 19.7 Å². The summed E-state index contributed by atoms with van der Waals surface area (Å²) in [6.45, 7) is 7.54. The highest BCUT2D eigenvalue weighted by Gasteiger charge is 2.30. The van der Waals surface area contributed by atoms with Crippen LogP contribution in [0.2, 0.25) is 0 Å². The Morgan fingerprint density at radius 1 is 0.789 bits per heavy atom. The second kappa shape index (κ2) is 10.6. The van der Waals surface area contributed by atoms with E-state index < -0.39 is 0 Å². The van der Waals surface area contributed by atoms with Crippen LogP contribution in [0.3, 0.4) is 0 Å². The summed E-state index contributed by atoms with van der Waals surface area (Å²) in [6.07, 6.45) is -0.218. The van der Waals surface area contributed by atoms with E-state index in [0.717, 1.165) is 13.1 Å². The van der Waals surface area contributed by atoms with Crippen molar-refractivity contribution < 1.29 is 9.53 Å². The number of aryl methyl sites for hydroxylation is 2. The van der Waals surface area contributed by atoms with Gasteiger partial charge in [0.15, 0.2) is 0 Å². The molecular weight excluding hydrogens is 488 g/mol. The van der Waals surface area contributed by atoms with Gasteiger partial charge in [-0.25, -0.2) is 4.79 Å². The highest BCUT2D eigenvalue weighted by Crippen LogP contribution is 2.44. The molecule has 1 aliphatic heterocycles. The fourth-order valence-corrected chi connectivity index (χ4v) is 6.69. The van der Waals surface area contributed by atoms with Crippen molar-refractivity contribution in [1.29, 1.82) is 0 Å². The van der Waals surface area contributed by atoms with E-state index in [-0.39, 0.29) is 12.0 Å². The molecule has 6 rings (SSSR count). The minimum atomic E-state index is -0.218. The summed E-state index contributed by atoms with van der Waals surface area (Å²) < 4.78 is 5.91. The van der Waals surface area contributed by atoms with Crippen molar-refractivity contribution in [3.8, 4) is 11.1 Å². The molecule has 0 atom stereocenters. The third-order valence-electron chi connectivity index (χ3n) is 7.63. The van der Waals surface area contributed by atoms with Crippen LogP contribution in [0.15, 0.2) is 101 Å². The van der Waals surface area contributed by atoms with Gasteiger partial charge in [-0.15, -0.1) is 0 Å². The zero-order valence-electron chi connectivity index (χ0n) is 21.9. The highest BCUT2D eigenvalue weighted by molar-refractivity contribution is 7.99. The van der Waals surface area contributed by atoms with E-state index >= 15 is 0 Å². The van der Waals surface area contributed by atoms with Gasteiger partial charge in [-0.3, -0.25) is 0 Å². The molecule has 0 N–H and O–H groups in total. The van der Waals surface area contributed by atoms with Crippen LogP contribution in [0.4, 0.5) is 10.5 Å². The van der Waals surface area contributed by atoms with Crippen molar-refractivity contribution in [2.75, 3.05) is 37.7 Å². The summed E-state index contributed by atoms with van der Waals surface area (Å²) >= 11 is 1.81. The van der Waals surface area contributed by atoms with Crippen molar-refractivity contribution in [2.45, 2.75) is 29.6 Å². The van der Waals surface area contributed by atoms with Gasteiger partial charge >= 0.3 is 6.09 Å². The predicted molar refractivity (Wildman–Crippen MR) is 155 cm³/mol. The first-order valence-corrected chi connectivity index (χ1v) is 14.1. The van der Waals surface area contributed by atoms with Gasteiger partial charge in [0.05, 0.1) is 5.69 Å². The molecule has 4 aromatic rings. The number of ether oxygens (including phenoxy) is 1. The summed E-state index contributed by atoms with van der Waals surface area (Å²) in [5, 5.41) is 0. The quantitative estimate of drug-likeness (QED) is 0.272. The van der Waals surface area contributed by atoms with Gasteiger partial charge in [-0.2, -0.15) is 0 Å². The van der Waals surface area contributed by atoms with Crippen molar-refractivity contribution in [3.63, 3.8) is 0 Å². The zero-order valence-corrected chi connectivity index (χ0v) is 22.7. The molecule has 0 saturated carbocycles. The van der Waals surface area contributed by atoms with Crippen LogP contribution in [-0.4, -0.2) is 43.8 Å². The highest BCUT2D eigenvalue weighted by atomic mass is 32.2. The molecule has 0 radical (unpaired) electrons. The summed E-state index contributed by atoms with van der Waals surface area (Å²) in [4.78, 5) is 19.8. The van der Waals surface area contributed by atoms with Crippen LogP contribution in [0.5, 0.6) is 0 Å². The Morgan fingerprint density at radius 3 is 2.11 bits per heavy atom. The predicted octanol–water partition coefficient (Wildman–Crippen LogP) is 7.53. The molecule has 5 heteroatoms. The van der Waals surface area contributed by atoms with E-state index in [1.807, 2.05) is 16.7 Å². The fraction of sp³-hybridized carbons (Fsp3) is 0.242. The van der Waals surface area contributed by atoms with E-state index in [4.69, 9.17) is 4.74 Å². The van der Waals surface area contributed by atoms with Gasteiger partial charge < -0.3 is 14.5 Å². The number of carbonyl (C=O) groups excluding carboxylic acids is 1. The smallest absolute Gasteiger partial charge is 0.409 e. The van der Waals surface area contributed by atoms with Crippen LogP contribution < -0.4 is 4.90 Å². The number of carbonyl (C=O) groups is 1. The number of fused-ring (bicyclic) bond motifs is 3. The lowest BCUT2D eigenvalue weighted by molar-refractivity contribution is 0.0976. The summed E-state index contributed by atoms with van der Waals surface area (Å²) in [7, 11) is 0. The average molecular weight is 521 g/mol. The van der Waals surface area contributed by atoms with Crippen LogP contribution in [0, 0.1) is 13.8 Å². The third-order valence-corrected chi connectivity index (χ3v) is 8.87. The molecule has 38 heavy (non-hydrogen) atoms.